The van der Waals surface area contributed by atoms with Crippen molar-refractivity contribution in [3.05, 3.63) is 29.3 Å². The minimum Gasteiger partial charge on any atom is -0.483 e. The third-order valence-electron chi connectivity index (χ3n) is 4.28. The van der Waals surface area contributed by atoms with E-state index in [9.17, 15) is 14.7 Å². The zero-order valence-electron chi connectivity index (χ0n) is 13.8. The zero-order valence-corrected chi connectivity index (χ0v) is 13.8. The van der Waals surface area contributed by atoms with Gasteiger partial charge >= 0.3 is 5.97 Å². The van der Waals surface area contributed by atoms with Crippen molar-refractivity contribution in [1.29, 1.82) is 0 Å². The fraction of sp³-hybridized carbons (Fsp3) is 0.529. The normalized spacial score (nSPS) is 20.6. The summed E-state index contributed by atoms with van der Waals surface area (Å²) in [5.41, 5.74) is 1.01. The molecule has 23 heavy (non-hydrogen) atoms. The topological polar surface area (TPSA) is 76.1 Å². The number of benzene rings is 1. The minimum absolute atomic E-state index is 0.0903. The second kappa shape index (κ2) is 7.00. The van der Waals surface area contributed by atoms with E-state index in [1.807, 2.05) is 32.0 Å². The number of carbonyl (C=O) groups excluding carboxylic acids is 1. The van der Waals surface area contributed by atoms with Crippen molar-refractivity contribution in [3.8, 4) is 5.75 Å². The lowest BCUT2D eigenvalue weighted by atomic mass is 9.88. The molecule has 1 heterocycles. The maximum absolute atomic E-state index is 12.3. The Labute approximate surface area is 136 Å². The average Bonchev–Trinajstić information content (AvgIpc) is 2.94. The smallest absolute Gasteiger partial charge is 0.313 e. The van der Waals surface area contributed by atoms with Gasteiger partial charge in [-0.05, 0) is 37.5 Å². The highest BCUT2D eigenvalue weighted by Gasteiger charge is 2.46. The van der Waals surface area contributed by atoms with Crippen molar-refractivity contribution in [2.75, 3.05) is 33.4 Å². The van der Waals surface area contributed by atoms with Gasteiger partial charge in [-0.2, -0.15) is 0 Å². The predicted molar refractivity (Wildman–Crippen MR) is 84.6 cm³/mol. The first-order chi connectivity index (χ1) is 10.9. The van der Waals surface area contributed by atoms with Crippen LogP contribution in [-0.4, -0.2) is 55.3 Å². The SMILES string of the molecule is COCC1(C(=O)O)CCN(C(=O)COc2cc(C)ccc2C)C1. The van der Waals surface area contributed by atoms with Crippen LogP contribution in [0.5, 0.6) is 5.75 Å². The molecule has 1 aromatic rings. The molecule has 1 unspecified atom stereocenters. The quantitative estimate of drug-likeness (QED) is 0.862. The molecule has 126 valence electrons. The number of methoxy groups -OCH3 is 1. The number of ether oxygens (including phenoxy) is 2. The molecule has 0 bridgehead atoms. The molecule has 6 heteroatoms. The summed E-state index contributed by atoms with van der Waals surface area (Å²) in [4.78, 5) is 25.3. The predicted octanol–water partition coefficient (Wildman–Crippen LogP) is 1.63. The first kappa shape index (κ1) is 17.3. The van der Waals surface area contributed by atoms with Gasteiger partial charge in [-0.1, -0.05) is 12.1 Å². The van der Waals surface area contributed by atoms with E-state index in [0.717, 1.165) is 11.1 Å². The maximum Gasteiger partial charge on any atom is 0.313 e. The highest BCUT2D eigenvalue weighted by atomic mass is 16.5. The first-order valence-electron chi connectivity index (χ1n) is 7.58. The van der Waals surface area contributed by atoms with Gasteiger partial charge < -0.3 is 19.5 Å². The van der Waals surface area contributed by atoms with Crippen LogP contribution in [0.3, 0.4) is 0 Å². The van der Waals surface area contributed by atoms with Crippen molar-refractivity contribution in [2.45, 2.75) is 20.3 Å². The fourth-order valence-corrected chi connectivity index (χ4v) is 2.81. The first-order valence-corrected chi connectivity index (χ1v) is 7.58. The molecular weight excluding hydrogens is 298 g/mol. The van der Waals surface area contributed by atoms with Crippen LogP contribution in [0.15, 0.2) is 18.2 Å². The number of carbonyl (C=O) groups is 2. The number of nitrogens with zero attached hydrogens (tertiary/aromatic N) is 1. The van der Waals surface area contributed by atoms with Crippen molar-refractivity contribution < 1.29 is 24.2 Å². The van der Waals surface area contributed by atoms with E-state index in [0.29, 0.717) is 18.7 Å². The minimum atomic E-state index is -1.01. The average molecular weight is 321 g/mol. The fourth-order valence-electron chi connectivity index (χ4n) is 2.81. The van der Waals surface area contributed by atoms with Crippen LogP contribution in [0, 0.1) is 19.3 Å². The Balaban J connectivity index is 1.97. The summed E-state index contributed by atoms with van der Waals surface area (Å²) in [6.45, 7) is 4.45. The Hall–Kier alpha value is -2.08. The van der Waals surface area contributed by atoms with Gasteiger partial charge in [0.15, 0.2) is 6.61 Å². The summed E-state index contributed by atoms with van der Waals surface area (Å²) in [5, 5.41) is 9.42. The van der Waals surface area contributed by atoms with Gasteiger partial charge in [-0.3, -0.25) is 9.59 Å². The van der Waals surface area contributed by atoms with E-state index in [2.05, 4.69) is 0 Å². The maximum atomic E-state index is 12.3. The van der Waals surface area contributed by atoms with E-state index >= 15 is 0 Å². The van der Waals surface area contributed by atoms with Crippen LogP contribution in [0.4, 0.5) is 0 Å². The number of carboxylic acid groups (broad SMARTS) is 1. The van der Waals surface area contributed by atoms with Crippen LogP contribution in [0.2, 0.25) is 0 Å². The zero-order chi connectivity index (χ0) is 17.0. The molecule has 1 amide bonds. The summed E-state index contributed by atoms with van der Waals surface area (Å²) >= 11 is 0. The van der Waals surface area contributed by atoms with Crippen molar-refractivity contribution in [1.82, 2.24) is 4.90 Å². The molecule has 1 N–H and O–H groups in total. The van der Waals surface area contributed by atoms with E-state index < -0.39 is 11.4 Å². The Morgan fingerprint density at radius 3 is 2.74 bits per heavy atom. The Bertz CT molecular complexity index is 601. The molecule has 1 saturated heterocycles. The Kier molecular flexibility index (Phi) is 5.26. The van der Waals surface area contributed by atoms with Crippen LogP contribution >= 0.6 is 0 Å². The van der Waals surface area contributed by atoms with Gasteiger partial charge in [0.05, 0.1) is 6.61 Å². The number of amides is 1. The van der Waals surface area contributed by atoms with Crippen molar-refractivity contribution >= 4 is 11.9 Å². The molecule has 2 rings (SSSR count). The Morgan fingerprint density at radius 1 is 1.35 bits per heavy atom. The summed E-state index contributed by atoms with van der Waals surface area (Å²) in [5.74, 6) is -0.450. The second-order valence-corrected chi connectivity index (χ2v) is 6.14. The monoisotopic (exact) mass is 321 g/mol. The van der Waals surface area contributed by atoms with Crippen molar-refractivity contribution in [3.63, 3.8) is 0 Å². The third-order valence-corrected chi connectivity index (χ3v) is 4.28. The number of rotatable bonds is 6. The number of hydrogen-bond donors (Lipinski definition) is 1. The Morgan fingerprint density at radius 2 is 2.09 bits per heavy atom. The molecule has 0 saturated carbocycles. The highest BCUT2D eigenvalue weighted by Crippen LogP contribution is 2.31. The van der Waals surface area contributed by atoms with Crippen LogP contribution in [0.1, 0.15) is 17.5 Å². The van der Waals surface area contributed by atoms with Gasteiger partial charge in [0, 0.05) is 20.2 Å². The number of hydrogen-bond acceptors (Lipinski definition) is 4. The molecule has 1 aliphatic rings. The largest absolute Gasteiger partial charge is 0.483 e. The number of aliphatic carboxylic acids is 1. The molecule has 1 aromatic carbocycles. The number of carboxylic acids is 1. The molecule has 1 aliphatic heterocycles. The van der Waals surface area contributed by atoms with E-state index in [1.165, 1.54) is 12.0 Å². The number of likely N-dealkylation sites (tertiary alicyclic amines) is 1. The van der Waals surface area contributed by atoms with E-state index in [1.54, 1.807) is 0 Å². The van der Waals surface area contributed by atoms with E-state index in [-0.39, 0.29) is 25.7 Å². The van der Waals surface area contributed by atoms with Crippen LogP contribution in [-0.2, 0) is 14.3 Å². The molecule has 0 radical (unpaired) electrons. The van der Waals surface area contributed by atoms with Crippen LogP contribution in [0.25, 0.3) is 0 Å². The highest BCUT2D eigenvalue weighted by molar-refractivity contribution is 5.81. The molecular formula is C17H23NO5. The van der Waals surface area contributed by atoms with Gasteiger partial charge in [0.1, 0.15) is 11.2 Å². The standard InChI is InChI=1S/C17H23NO5/c1-12-4-5-13(2)14(8-12)23-9-15(19)18-7-6-17(10-18,11-22-3)16(20)21/h4-5,8H,6-7,9-11H2,1-3H3,(H,20,21). The number of aryl methyl sites for hydroxylation is 2. The van der Waals surface area contributed by atoms with Crippen LogP contribution < -0.4 is 4.74 Å². The summed E-state index contributed by atoms with van der Waals surface area (Å²) in [6, 6.07) is 5.81. The second-order valence-electron chi connectivity index (χ2n) is 6.14. The van der Waals surface area contributed by atoms with Gasteiger partial charge in [-0.25, -0.2) is 0 Å². The lowest BCUT2D eigenvalue weighted by molar-refractivity contribution is -0.151. The molecule has 0 spiro atoms. The summed E-state index contributed by atoms with van der Waals surface area (Å²) in [7, 11) is 1.47. The van der Waals surface area contributed by atoms with Gasteiger partial charge in [0.2, 0.25) is 0 Å². The van der Waals surface area contributed by atoms with Gasteiger partial charge in [0.25, 0.3) is 5.91 Å². The summed E-state index contributed by atoms with van der Waals surface area (Å²) < 4.78 is 10.6. The lowest BCUT2D eigenvalue weighted by Gasteiger charge is -2.23. The van der Waals surface area contributed by atoms with Crippen molar-refractivity contribution in [2.24, 2.45) is 5.41 Å². The third kappa shape index (κ3) is 3.82. The molecule has 0 aromatic heterocycles. The molecule has 1 fully saturated rings. The summed E-state index contributed by atoms with van der Waals surface area (Å²) in [6.07, 6.45) is 0.394. The lowest BCUT2D eigenvalue weighted by Crippen LogP contribution is -2.41. The molecule has 0 aliphatic carbocycles. The van der Waals surface area contributed by atoms with E-state index in [4.69, 9.17) is 9.47 Å². The molecule has 1 atom stereocenters. The van der Waals surface area contributed by atoms with Gasteiger partial charge in [-0.15, -0.1) is 0 Å². The molecule has 6 nitrogen and oxygen atoms in total.